The minimum Gasteiger partial charge on any atom is -0.389 e. The molecule has 0 aliphatic heterocycles. The Kier molecular flexibility index (Phi) is 4.62. The Balaban J connectivity index is 2.45. The summed E-state index contributed by atoms with van der Waals surface area (Å²) in [5, 5.41) is 19.0. The molecule has 0 radical (unpaired) electrons. The monoisotopic (exact) mass is 280 g/mol. The maximum atomic E-state index is 9.94. The molecule has 0 spiro atoms. The molecule has 0 saturated carbocycles. The van der Waals surface area contributed by atoms with Crippen molar-refractivity contribution >= 4 is 11.4 Å². The molecule has 0 unspecified atom stereocenters. The summed E-state index contributed by atoms with van der Waals surface area (Å²) in [6, 6.07) is 15.8. The van der Waals surface area contributed by atoms with Gasteiger partial charge in [0, 0.05) is 24.0 Å². The van der Waals surface area contributed by atoms with E-state index >= 15 is 0 Å². The van der Waals surface area contributed by atoms with E-state index in [1.54, 1.807) is 13.0 Å². The lowest BCUT2D eigenvalue weighted by Gasteiger charge is -2.24. The van der Waals surface area contributed by atoms with Crippen LogP contribution in [0.5, 0.6) is 0 Å². The van der Waals surface area contributed by atoms with Gasteiger partial charge in [-0.2, -0.15) is 5.26 Å². The molecule has 1 atom stereocenters. The molecule has 0 bridgehead atoms. The Hall–Kier alpha value is -2.31. The molecule has 0 aliphatic rings. The lowest BCUT2D eigenvalue weighted by Crippen LogP contribution is -2.13. The molecule has 0 fully saturated rings. The van der Waals surface area contributed by atoms with Crippen LogP contribution in [0.4, 0.5) is 11.4 Å². The zero-order valence-corrected chi connectivity index (χ0v) is 12.7. The van der Waals surface area contributed by atoms with Crippen LogP contribution in [0.3, 0.4) is 0 Å². The molecule has 0 saturated heterocycles. The van der Waals surface area contributed by atoms with Crippen LogP contribution in [-0.4, -0.2) is 12.2 Å². The van der Waals surface area contributed by atoms with Gasteiger partial charge in [0.1, 0.15) is 0 Å². The van der Waals surface area contributed by atoms with E-state index < -0.39 is 6.10 Å². The molecular formula is C18H20N2O. The number of aryl methyl sites for hydroxylation is 1. The van der Waals surface area contributed by atoms with E-state index in [2.05, 4.69) is 37.3 Å². The van der Waals surface area contributed by atoms with Gasteiger partial charge in [0.15, 0.2) is 0 Å². The van der Waals surface area contributed by atoms with Gasteiger partial charge in [-0.05, 0) is 43.2 Å². The smallest absolute Gasteiger partial charge is 0.0992 e. The lowest BCUT2D eigenvalue weighted by molar-refractivity contribution is 0.200. The van der Waals surface area contributed by atoms with Gasteiger partial charge < -0.3 is 10.0 Å². The Morgan fingerprint density at radius 2 is 1.86 bits per heavy atom. The van der Waals surface area contributed by atoms with Crippen LogP contribution >= 0.6 is 0 Å². The number of aliphatic hydroxyl groups is 1. The van der Waals surface area contributed by atoms with Crippen LogP contribution in [0.25, 0.3) is 0 Å². The Labute approximate surface area is 126 Å². The highest BCUT2D eigenvalue weighted by Gasteiger charge is 2.14. The summed E-state index contributed by atoms with van der Waals surface area (Å²) < 4.78 is 0. The van der Waals surface area contributed by atoms with Crippen molar-refractivity contribution in [2.75, 3.05) is 11.9 Å². The molecular weight excluding hydrogens is 260 g/mol. The van der Waals surface area contributed by atoms with Crippen LogP contribution < -0.4 is 4.90 Å². The number of rotatable bonds is 4. The molecule has 108 valence electrons. The van der Waals surface area contributed by atoms with Crippen molar-refractivity contribution in [2.24, 2.45) is 0 Å². The SMILES string of the molecule is CCc1ccc(N(C)c2cc(C#N)ccc2[C@H](C)O)cc1. The van der Waals surface area contributed by atoms with Gasteiger partial charge in [-0.15, -0.1) is 0 Å². The second-order valence-corrected chi connectivity index (χ2v) is 5.14. The summed E-state index contributed by atoms with van der Waals surface area (Å²) >= 11 is 0. The van der Waals surface area contributed by atoms with Crippen molar-refractivity contribution in [3.63, 3.8) is 0 Å². The van der Waals surface area contributed by atoms with Gasteiger partial charge in [-0.3, -0.25) is 0 Å². The molecule has 0 amide bonds. The summed E-state index contributed by atoms with van der Waals surface area (Å²) in [6.07, 6.45) is 0.428. The van der Waals surface area contributed by atoms with Crippen LogP contribution in [-0.2, 0) is 6.42 Å². The van der Waals surface area contributed by atoms with Gasteiger partial charge in [-0.25, -0.2) is 0 Å². The minimum absolute atomic E-state index is 0.579. The van der Waals surface area contributed by atoms with Gasteiger partial charge in [-0.1, -0.05) is 25.1 Å². The van der Waals surface area contributed by atoms with Crippen molar-refractivity contribution in [3.8, 4) is 6.07 Å². The fourth-order valence-corrected chi connectivity index (χ4v) is 2.35. The van der Waals surface area contributed by atoms with E-state index in [4.69, 9.17) is 5.26 Å². The number of nitriles is 1. The number of hydrogen-bond acceptors (Lipinski definition) is 3. The standard InChI is InChI=1S/C18H20N2O/c1-4-14-5-8-16(9-6-14)20(3)18-11-15(12-19)7-10-17(18)13(2)21/h5-11,13,21H,4H2,1-3H3/t13-/m0/s1. The van der Waals surface area contributed by atoms with Crippen LogP contribution in [0.2, 0.25) is 0 Å². The highest BCUT2D eigenvalue weighted by atomic mass is 16.3. The highest BCUT2D eigenvalue weighted by Crippen LogP contribution is 2.31. The van der Waals surface area contributed by atoms with Crippen molar-refractivity contribution in [2.45, 2.75) is 26.4 Å². The number of hydrogen-bond donors (Lipinski definition) is 1. The quantitative estimate of drug-likeness (QED) is 0.922. The Morgan fingerprint density at radius 3 is 2.38 bits per heavy atom. The van der Waals surface area contributed by atoms with Gasteiger partial charge in [0.25, 0.3) is 0 Å². The average Bonchev–Trinajstić information content (AvgIpc) is 2.53. The van der Waals surface area contributed by atoms with Crippen molar-refractivity contribution in [1.29, 1.82) is 5.26 Å². The number of anilines is 2. The summed E-state index contributed by atoms with van der Waals surface area (Å²) in [7, 11) is 1.95. The van der Waals surface area contributed by atoms with Gasteiger partial charge >= 0.3 is 0 Å². The molecule has 3 nitrogen and oxygen atoms in total. The molecule has 2 rings (SSSR count). The lowest BCUT2D eigenvalue weighted by atomic mass is 10.0. The van der Waals surface area contributed by atoms with Crippen molar-refractivity contribution in [1.82, 2.24) is 0 Å². The van der Waals surface area contributed by atoms with E-state index in [0.29, 0.717) is 5.56 Å². The molecule has 2 aromatic rings. The normalized spacial score (nSPS) is 11.8. The van der Waals surface area contributed by atoms with Gasteiger partial charge in [0.05, 0.1) is 17.7 Å². The summed E-state index contributed by atoms with van der Waals surface area (Å²) in [5.74, 6) is 0. The zero-order chi connectivity index (χ0) is 15.4. The van der Waals surface area contributed by atoms with E-state index in [1.165, 1.54) is 5.56 Å². The van der Waals surface area contributed by atoms with E-state index in [1.807, 2.05) is 24.1 Å². The molecule has 0 aliphatic carbocycles. The first-order valence-corrected chi connectivity index (χ1v) is 7.11. The van der Waals surface area contributed by atoms with E-state index in [9.17, 15) is 5.11 Å². The first kappa shape index (κ1) is 15.1. The fourth-order valence-electron chi connectivity index (χ4n) is 2.35. The maximum Gasteiger partial charge on any atom is 0.0992 e. The summed E-state index contributed by atoms with van der Waals surface area (Å²) in [4.78, 5) is 2.00. The van der Waals surface area contributed by atoms with E-state index in [0.717, 1.165) is 23.4 Å². The van der Waals surface area contributed by atoms with Crippen molar-refractivity contribution < 1.29 is 5.11 Å². The second kappa shape index (κ2) is 6.43. The summed E-state index contributed by atoms with van der Waals surface area (Å²) in [5.41, 5.74) is 4.58. The number of aliphatic hydroxyl groups excluding tert-OH is 1. The Morgan fingerprint density at radius 1 is 1.19 bits per heavy atom. The first-order chi connectivity index (χ1) is 10.1. The summed E-state index contributed by atoms with van der Waals surface area (Å²) in [6.45, 7) is 3.86. The van der Waals surface area contributed by atoms with Crippen molar-refractivity contribution in [3.05, 3.63) is 59.2 Å². The molecule has 0 heterocycles. The average molecular weight is 280 g/mol. The zero-order valence-electron chi connectivity index (χ0n) is 12.7. The molecule has 21 heavy (non-hydrogen) atoms. The van der Waals surface area contributed by atoms with E-state index in [-0.39, 0.29) is 0 Å². The third-order valence-corrected chi connectivity index (χ3v) is 3.70. The molecule has 1 N–H and O–H groups in total. The van der Waals surface area contributed by atoms with Crippen LogP contribution in [0.15, 0.2) is 42.5 Å². The third-order valence-electron chi connectivity index (χ3n) is 3.70. The maximum absolute atomic E-state index is 9.94. The number of benzene rings is 2. The minimum atomic E-state index is -0.579. The van der Waals surface area contributed by atoms with Crippen LogP contribution in [0.1, 0.15) is 36.6 Å². The Bertz CT molecular complexity index is 654. The molecule has 3 heteroatoms. The topological polar surface area (TPSA) is 47.3 Å². The highest BCUT2D eigenvalue weighted by molar-refractivity contribution is 5.68. The molecule has 2 aromatic carbocycles. The third kappa shape index (κ3) is 3.24. The largest absolute Gasteiger partial charge is 0.389 e. The van der Waals surface area contributed by atoms with Gasteiger partial charge in [0.2, 0.25) is 0 Å². The van der Waals surface area contributed by atoms with Crippen LogP contribution in [0, 0.1) is 11.3 Å². The predicted molar refractivity (Wildman–Crippen MR) is 85.7 cm³/mol. The fraction of sp³-hybridized carbons (Fsp3) is 0.278. The molecule has 0 aromatic heterocycles. The predicted octanol–water partition coefficient (Wildman–Crippen LogP) is 3.94. The number of nitrogens with zero attached hydrogens (tertiary/aromatic N) is 2. The second-order valence-electron chi connectivity index (χ2n) is 5.14. The first-order valence-electron chi connectivity index (χ1n) is 7.11.